The Kier molecular flexibility index (Phi) is 5.71. The minimum atomic E-state index is 0.293. The Balaban J connectivity index is 0.000000236. The van der Waals surface area contributed by atoms with E-state index in [0.717, 1.165) is 27.2 Å². The third kappa shape index (κ3) is 4.52. The molecule has 0 saturated carbocycles. The van der Waals surface area contributed by atoms with Crippen LogP contribution in [0.1, 0.15) is 5.56 Å². The number of fused-ring (bicyclic) bond motifs is 1. The van der Waals surface area contributed by atoms with Gasteiger partial charge in [0.05, 0.1) is 11.0 Å². The molecule has 0 spiro atoms. The maximum atomic E-state index is 5.89. The highest BCUT2D eigenvalue weighted by molar-refractivity contribution is 7.80. The molecule has 0 saturated heterocycles. The van der Waals surface area contributed by atoms with Crippen LogP contribution in [0, 0.1) is 6.92 Å². The number of hydrogen-bond donors (Lipinski definition) is 2. The molecule has 4 rings (SSSR count). The number of hydrogen-bond acceptors (Lipinski definition) is 5. The number of para-hydroxylation sites is 3. The second kappa shape index (κ2) is 8.36. The Hall–Kier alpha value is -3.05. The minimum Gasteiger partial charge on any atom is -0.436 e. The fourth-order valence-corrected chi connectivity index (χ4v) is 2.45. The predicted molar refractivity (Wildman–Crippen MR) is 109 cm³/mol. The molecule has 0 aliphatic carbocycles. The largest absolute Gasteiger partial charge is 0.436 e. The molecular weight excluding hydrogens is 342 g/mol. The molecule has 2 N–H and O–H groups in total. The number of nitrogens with two attached hydrogens (primary N) is 1. The second-order valence-electron chi connectivity index (χ2n) is 5.61. The summed E-state index contributed by atoms with van der Waals surface area (Å²) in [5, 5.41) is 0. The number of anilines is 1. The van der Waals surface area contributed by atoms with Gasteiger partial charge in [0, 0.05) is 4.90 Å². The fraction of sp³-hybridized carbons (Fsp3) is 0.0476. The van der Waals surface area contributed by atoms with E-state index in [1.165, 1.54) is 0 Å². The van der Waals surface area contributed by atoms with E-state index in [-0.39, 0.29) is 0 Å². The van der Waals surface area contributed by atoms with Crippen molar-refractivity contribution in [1.29, 1.82) is 0 Å². The molecule has 4 aromatic rings. The van der Waals surface area contributed by atoms with Crippen molar-refractivity contribution in [3.8, 4) is 11.6 Å². The maximum Gasteiger partial charge on any atom is 0.263 e. The molecule has 0 atom stereocenters. The van der Waals surface area contributed by atoms with E-state index in [1.807, 2.05) is 85.8 Å². The molecule has 4 nitrogen and oxygen atoms in total. The normalized spacial score (nSPS) is 10.1. The first-order valence-electron chi connectivity index (χ1n) is 8.13. The lowest BCUT2D eigenvalue weighted by Gasteiger charge is -2.09. The standard InChI is InChI=1S/C15H13N3O.C6H6S/c1-10-6-2-5-9-13(10)19-15-14(16)17-11-7-3-4-8-12(11)18-15;7-6-4-2-1-3-5-6/h2-9H,1H3,(H2,16,17);1-5,7H. The van der Waals surface area contributed by atoms with Crippen molar-refractivity contribution in [2.75, 3.05) is 5.73 Å². The average Bonchev–Trinajstić information content (AvgIpc) is 2.65. The zero-order chi connectivity index (χ0) is 18.4. The highest BCUT2D eigenvalue weighted by Gasteiger charge is 2.09. The van der Waals surface area contributed by atoms with E-state index in [9.17, 15) is 0 Å². The number of rotatable bonds is 2. The molecule has 0 amide bonds. The number of nitrogens with zero attached hydrogens (tertiary/aromatic N) is 2. The number of ether oxygens (including phenoxy) is 1. The van der Waals surface area contributed by atoms with Crippen LogP contribution >= 0.6 is 12.6 Å². The zero-order valence-corrected chi connectivity index (χ0v) is 15.2. The van der Waals surface area contributed by atoms with Gasteiger partial charge in [0.15, 0.2) is 5.82 Å². The van der Waals surface area contributed by atoms with Gasteiger partial charge < -0.3 is 10.5 Å². The molecule has 0 bridgehead atoms. The molecule has 1 aromatic heterocycles. The van der Waals surface area contributed by atoms with E-state index in [4.69, 9.17) is 10.5 Å². The summed E-state index contributed by atoms with van der Waals surface area (Å²) in [6.45, 7) is 1.97. The Morgan fingerprint density at radius 3 is 1.96 bits per heavy atom. The van der Waals surface area contributed by atoms with Crippen LogP contribution < -0.4 is 10.5 Å². The lowest BCUT2D eigenvalue weighted by atomic mass is 10.2. The zero-order valence-electron chi connectivity index (χ0n) is 14.3. The Morgan fingerprint density at radius 2 is 1.35 bits per heavy atom. The summed E-state index contributed by atoms with van der Waals surface area (Å²) in [5.74, 6) is 1.37. The minimum absolute atomic E-state index is 0.293. The first-order chi connectivity index (χ1) is 12.6. The fourth-order valence-electron chi connectivity index (χ4n) is 2.28. The third-order valence-electron chi connectivity index (χ3n) is 3.62. The predicted octanol–water partition coefficient (Wildman–Crippen LogP) is 5.29. The van der Waals surface area contributed by atoms with Gasteiger partial charge in [0.1, 0.15) is 5.75 Å². The molecule has 0 aliphatic heterocycles. The van der Waals surface area contributed by atoms with Gasteiger partial charge in [-0.05, 0) is 42.8 Å². The Labute approximate surface area is 158 Å². The van der Waals surface area contributed by atoms with Crippen LogP contribution in [0.15, 0.2) is 83.8 Å². The molecule has 1 heterocycles. The summed E-state index contributed by atoms with van der Waals surface area (Å²) in [6.07, 6.45) is 0. The Bertz CT molecular complexity index is 1010. The summed E-state index contributed by atoms with van der Waals surface area (Å²) in [5.41, 5.74) is 8.44. The van der Waals surface area contributed by atoms with Crippen LogP contribution in [-0.4, -0.2) is 9.97 Å². The number of nitrogen functional groups attached to an aromatic ring is 1. The van der Waals surface area contributed by atoms with Gasteiger partial charge in [-0.1, -0.05) is 48.5 Å². The number of thiol groups is 1. The van der Waals surface area contributed by atoms with Gasteiger partial charge in [0.2, 0.25) is 0 Å². The Morgan fingerprint density at radius 1 is 0.769 bits per heavy atom. The number of aryl methyl sites for hydroxylation is 1. The van der Waals surface area contributed by atoms with Crippen LogP contribution in [0.2, 0.25) is 0 Å². The summed E-state index contributed by atoms with van der Waals surface area (Å²) in [6, 6.07) is 25.1. The van der Waals surface area contributed by atoms with Crippen molar-refractivity contribution < 1.29 is 4.74 Å². The molecular formula is C21H19N3OS. The monoisotopic (exact) mass is 361 g/mol. The van der Waals surface area contributed by atoms with E-state index in [0.29, 0.717) is 11.7 Å². The van der Waals surface area contributed by atoms with Crippen molar-refractivity contribution in [2.45, 2.75) is 11.8 Å². The molecule has 5 heteroatoms. The van der Waals surface area contributed by atoms with E-state index in [1.54, 1.807) is 0 Å². The quantitative estimate of drug-likeness (QED) is 0.476. The van der Waals surface area contributed by atoms with Gasteiger partial charge in [-0.25, -0.2) is 9.97 Å². The van der Waals surface area contributed by atoms with Gasteiger partial charge >= 0.3 is 0 Å². The van der Waals surface area contributed by atoms with Crippen LogP contribution in [0.4, 0.5) is 5.82 Å². The molecule has 3 aromatic carbocycles. The summed E-state index contributed by atoms with van der Waals surface area (Å²) >= 11 is 4.08. The molecule has 0 radical (unpaired) electrons. The van der Waals surface area contributed by atoms with Crippen LogP contribution in [0.3, 0.4) is 0 Å². The van der Waals surface area contributed by atoms with E-state index < -0.39 is 0 Å². The maximum absolute atomic E-state index is 5.89. The number of benzene rings is 3. The summed E-state index contributed by atoms with van der Waals surface area (Å²) < 4.78 is 5.75. The van der Waals surface area contributed by atoms with E-state index in [2.05, 4.69) is 22.6 Å². The first-order valence-corrected chi connectivity index (χ1v) is 8.58. The lowest BCUT2D eigenvalue weighted by molar-refractivity contribution is 0.462. The van der Waals surface area contributed by atoms with Gasteiger partial charge in [-0.3, -0.25) is 0 Å². The highest BCUT2D eigenvalue weighted by Crippen LogP contribution is 2.28. The van der Waals surface area contributed by atoms with Crippen LogP contribution in [-0.2, 0) is 0 Å². The van der Waals surface area contributed by atoms with Crippen molar-refractivity contribution in [2.24, 2.45) is 0 Å². The summed E-state index contributed by atoms with van der Waals surface area (Å²) in [7, 11) is 0. The van der Waals surface area contributed by atoms with Crippen LogP contribution in [0.25, 0.3) is 11.0 Å². The molecule has 0 unspecified atom stereocenters. The molecule has 0 fully saturated rings. The lowest BCUT2D eigenvalue weighted by Crippen LogP contribution is -1.99. The smallest absolute Gasteiger partial charge is 0.263 e. The van der Waals surface area contributed by atoms with Crippen molar-refractivity contribution in [3.05, 3.63) is 84.4 Å². The third-order valence-corrected chi connectivity index (χ3v) is 3.92. The molecule has 130 valence electrons. The van der Waals surface area contributed by atoms with Gasteiger partial charge in [0.25, 0.3) is 5.88 Å². The van der Waals surface area contributed by atoms with Crippen molar-refractivity contribution in [1.82, 2.24) is 9.97 Å². The van der Waals surface area contributed by atoms with Gasteiger partial charge in [-0.15, -0.1) is 12.6 Å². The van der Waals surface area contributed by atoms with Crippen molar-refractivity contribution in [3.63, 3.8) is 0 Å². The van der Waals surface area contributed by atoms with Crippen LogP contribution in [0.5, 0.6) is 11.6 Å². The SMILES string of the molecule is Cc1ccccc1Oc1nc2ccccc2nc1N.Sc1ccccc1. The van der Waals surface area contributed by atoms with Crippen molar-refractivity contribution >= 4 is 29.5 Å². The van der Waals surface area contributed by atoms with E-state index >= 15 is 0 Å². The topological polar surface area (TPSA) is 61.0 Å². The van der Waals surface area contributed by atoms with Gasteiger partial charge in [-0.2, -0.15) is 0 Å². The molecule has 26 heavy (non-hydrogen) atoms. The average molecular weight is 361 g/mol. The second-order valence-corrected chi connectivity index (χ2v) is 6.12. The first kappa shape index (κ1) is 17.8. The molecule has 0 aliphatic rings. The highest BCUT2D eigenvalue weighted by atomic mass is 32.1. The summed E-state index contributed by atoms with van der Waals surface area (Å²) in [4.78, 5) is 9.71. The number of aromatic nitrogens is 2.